The smallest absolute Gasteiger partial charge is 0.369 e. The van der Waals surface area contributed by atoms with Gasteiger partial charge in [0.2, 0.25) is 5.95 Å². The first-order valence-electron chi connectivity index (χ1n) is 10.9. The molecule has 1 fully saturated rings. The Labute approximate surface area is 234 Å². The highest BCUT2D eigenvalue weighted by atomic mass is 33.1. The van der Waals surface area contributed by atoms with E-state index in [1.54, 1.807) is 6.92 Å². The Morgan fingerprint density at radius 1 is 1.27 bits per heavy atom. The SMILES string of the molecule is CSS[C@@H](C)OC1C[C@H](n2cc(C#CCN)c3c(=O)[nH]c(N)nc32)O[C@@H]1COP(=O)(O)OP(=O)(O)OP(=O)(O)O. The minimum absolute atomic E-state index is 0.0243. The Morgan fingerprint density at radius 2 is 1.98 bits per heavy atom. The number of H-pyrrole nitrogens is 1. The van der Waals surface area contributed by atoms with Crippen LogP contribution < -0.4 is 17.0 Å². The fraction of sp³-hybridized carbons (Fsp3) is 0.529. The number of rotatable bonds is 12. The number of hydrogen-bond acceptors (Lipinski definition) is 14. The molecule has 0 aliphatic carbocycles. The van der Waals surface area contributed by atoms with Crippen LogP contribution in [0.1, 0.15) is 25.1 Å². The van der Waals surface area contributed by atoms with Crippen molar-refractivity contribution in [2.24, 2.45) is 5.73 Å². The zero-order chi connectivity index (χ0) is 29.9. The number of nitrogens with zero attached hydrogens (tertiary/aromatic N) is 2. The van der Waals surface area contributed by atoms with E-state index in [1.807, 2.05) is 6.26 Å². The van der Waals surface area contributed by atoms with Crippen molar-refractivity contribution in [3.8, 4) is 11.8 Å². The molecule has 6 atom stereocenters. The molecular weight excluding hydrogens is 639 g/mol. The summed E-state index contributed by atoms with van der Waals surface area (Å²) in [6, 6.07) is 0. The third kappa shape index (κ3) is 9.13. The van der Waals surface area contributed by atoms with E-state index in [0.717, 1.165) is 0 Å². The molecule has 3 unspecified atom stereocenters. The minimum atomic E-state index is -5.71. The maximum Gasteiger partial charge on any atom is 0.490 e. The van der Waals surface area contributed by atoms with Crippen molar-refractivity contribution >= 4 is 62.0 Å². The molecule has 40 heavy (non-hydrogen) atoms. The predicted octanol–water partition coefficient (Wildman–Crippen LogP) is 0.990. The first-order chi connectivity index (χ1) is 18.5. The van der Waals surface area contributed by atoms with Gasteiger partial charge in [0.05, 0.1) is 30.2 Å². The van der Waals surface area contributed by atoms with E-state index in [1.165, 1.54) is 32.4 Å². The summed E-state index contributed by atoms with van der Waals surface area (Å²) in [6.07, 6.45) is 0.690. The third-order valence-corrected chi connectivity index (χ3v) is 10.7. The number of ether oxygens (including phenoxy) is 2. The molecule has 9 N–H and O–H groups in total. The number of nitrogens with one attached hydrogen (secondary N) is 1. The van der Waals surface area contributed by atoms with E-state index in [2.05, 4.69) is 30.4 Å². The van der Waals surface area contributed by atoms with Gasteiger partial charge in [-0.1, -0.05) is 33.4 Å². The topological polar surface area (TPSA) is 281 Å². The summed E-state index contributed by atoms with van der Waals surface area (Å²) < 4.78 is 60.5. The van der Waals surface area contributed by atoms with Crippen molar-refractivity contribution < 1.29 is 55.9 Å². The highest BCUT2D eigenvalue weighted by molar-refractivity contribution is 8.76. The number of anilines is 1. The van der Waals surface area contributed by atoms with Crippen LogP contribution in [0.5, 0.6) is 0 Å². The lowest BCUT2D eigenvalue weighted by molar-refractivity contribution is -0.0616. The Hall–Kier alpha value is -1.23. The van der Waals surface area contributed by atoms with Gasteiger partial charge >= 0.3 is 23.5 Å². The summed E-state index contributed by atoms with van der Waals surface area (Å²) in [5.41, 5.74) is 10.7. The largest absolute Gasteiger partial charge is 0.490 e. The first-order valence-corrected chi connectivity index (χ1v) is 18.1. The highest BCUT2D eigenvalue weighted by Gasteiger charge is 2.44. The Kier molecular flexibility index (Phi) is 11.1. The van der Waals surface area contributed by atoms with Crippen LogP contribution in [0.3, 0.4) is 0 Å². The second-order valence-corrected chi connectivity index (χ2v) is 15.0. The van der Waals surface area contributed by atoms with E-state index >= 15 is 0 Å². The van der Waals surface area contributed by atoms with Crippen LogP contribution in [-0.4, -0.2) is 71.2 Å². The number of aromatic amines is 1. The van der Waals surface area contributed by atoms with Crippen molar-refractivity contribution in [1.29, 1.82) is 0 Å². The fourth-order valence-corrected chi connectivity index (χ4v) is 8.11. The number of aromatic nitrogens is 3. The average molecular weight is 665 g/mol. The minimum Gasteiger partial charge on any atom is -0.369 e. The molecule has 2 aromatic heterocycles. The van der Waals surface area contributed by atoms with E-state index in [4.69, 9.17) is 35.3 Å². The van der Waals surface area contributed by atoms with Gasteiger partial charge in [-0.25, -0.2) is 13.7 Å². The monoisotopic (exact) mass is 665 g/mol. The van der Waals surface area contributed by atoms with Gasteiger partial charge in [0.1, 0.15) is 17.8 Å². The second-order valence-electron chi connectivity index (χ2n) is 7.86. The van der Waals surface area contributed by atoms with E-state index in [-0.39, 0.29) is 35.4 Å². The van der Waals surface area contributed by atoms with Gasteiger partial charge in [0.15, 0.2) is 5.65 Å². The first kappa shape index (κ1) is 33.3. The number of nitrogens with two attached hydrogens (primary N) is 2. The average Bonchev–Trinajstić information content (AvgIpc) is 3.35. The maximum absolute atomic E-state index is 12.6. The molecular formula is C17H26N5O13P3S2. The lowest BCUT2D eigenvalue weighted by Gasteiger charge is -2.23. The second kappa shape index (κ2) is 13.4. The molecule has 23 heteroatoms. The molecule has 3 heterocycles. The lowest BCUT2D eigenvalue weighted by atomic mass is 10.2. The van der Waals surface area contributed by atoms with Gasteiger partial charge in [0, 0.05) is 12.6 Å². The number of phosphoric ester groups is 1. The van der Waals surface area contributed by atoms with Crippen LogP contribution in [0.25, 0.3) is 11.0 Å². The molecule has 0 radical (unpaired) electrons. The van der Waals surface area contributed by atoms with Gasteiger partial charge in [0.25, 0.3) is 5.56 Å². The van der Waals surface area contributed by atoms with Gasteiger partial charge in [-0.15, -0.1) is 0 Å². The molecule has 224 valence electrons. The zero-order valence-corrected chi connectivity index (χ0v) is 25.0. The van der Waals surface area contributed by atoms with Crippen LogP contribution in [0.4, 0.5) is 5.95 Å². The summed E-state index contributed by atoms with van der Waals surface area (Å²) in [5, 5.41) is 0.124. The Balaban J connectivity index is 1.89. The Morgan fingerprint density at radius 3 is 2.60 bits per heavy atom. The lowest BCUT2D eigenvalue weighted by Crippen LogP contribution is -2.30. The normalized spacial score (nSPS) is 23.3. The van der Waals surface area contributed by atoms with Crippen LogP contribution in [0.15, 0.2) is 11.0 Å². The fourth-order valence-electron chi connectivity index (χ4n) is 3.67. The summed E-state index contributed by atoms with van der Waals surface area (Å²) in [4.78, 5) is 55.8. The standard InChI is InChI=1S/C17H26N5O13P3S2/c1-9(40-39-2)32-11-6-13(22-7-10(4-3-5-18)14-15(22)20-17(19)21-16(14)23)33-12(11)8-31-37(27,28)35-38(29,30)34-36(24,25)26/h7,9,11-13H,5-6,8,18H2,1-2H3,(H,27,28)(H,29,30)(H2,24,25,26)(H3,19,20,21,23)/t9-,11?,12+,13+/m0/s1. The zero-order valence-electron chi connectivity index (χ0n) is 20.7. The van der Waals surface area contributed by atoms with Gasteiger partial charge in [-0.05, 0) is 13.2 Å². The summed E-state index contributed by atoms with van der Waals surface area (Å²) in [6.45, 7) is 1.04. The summed E-state index contributed by atoms with van der Waals surface area (Å²) in [7, 11) is -13.9. The molecule has 1 aliphatic rings. The molecule has 1 aliphatic heterocycles. The van der Waals surface area contributed by atoms with E-state index in [9.17, 15) is 28.3 Å². The van der Waals surface area contributed by atoms with Crippen LogP contribution >= 0.6 is 45.1 Å². The number of hydrogen-bond donors (Lipinski definition) is 7. The predicted molar refractivity (Wildman–Crippen MR) is 144 cm³/mol. The van der Waals surface area contributed by atoms with Crippen molar-refractivity contribution in [3.05, 3.63) is 22.1 Å². The van der Waals surface area contributed by atoms with E-state index in [0.29, 0.717) is 5.56 Å². The van der Waals surface area contributed by atoms with Crippen molar-refractivity contribution in [2.45, 2.75) is 37.2 Å². The van der Waals surface area contributed by atoms with Gasteiger partial charge < -0.3 is 45.1 Å². The van der Waals surface area contributed by atoms with Crippen LogP contribution in [-0.2, 0) is 36.3 Å². The van der Waals surface area contributed by atoms with Crippen molar-refractivity contribution in [2.75, 3.05) is 25.1 Å². The molecule has 1 saturated heterocycles. The maximum atomic E-state index is 12.6. The van der Waals surface area contributed by atoms with Gasteiger partial charge in [-0.2, -0.15) is 13.6 Å². The molecule has 0 aromatic carbocycles. The van der Waals surface area contributed by atoms with Crippen molar-refractivity contribution in [1.82, 2.24) is 14.5 Å². The van der Waals surface area contributed by atoms with Crippen LogP contribution in [0, 0.1) is 11.8 Å². The third-order valence-electron chi connectivity index (χ3n) is 4.93. The number of fused-ring (bicyclic) bond motifs is 1. The van der Waals surface area contributed by atoms with Crippen molar-refractivity contribution in [3.63, 3.8) is 0 Å². The summed E-state index contributed by atoms with van der Waals surface area (Å²) >= 11 is 0. The molecule has 0 saturated carbocycles. The molecule has 3 rings (SSSR count). The highest BCUT2D eigenvalue weighted by Crippen LogP contribution is 2.66. The summed E-state index contributed by atoms with van der Waals surface area (Å²) in [5.74, 6) is 5.27. The quantitative estimate of drug-likeness (QED) is 0.0720. The van der Waals surface area contributed by atoms with Gasteiger partial charge in [-0.3, -0.25) is 14.3 Å². The number of phosphoric acid groups is 3. The molecule has 0 spiro atoms. The van der Waals surface area contributed by atoms with Crippen LogP contribution in [0.2, 0.25) is 0 Å². The molecule has 2 aromatic rings. The molecule has 0 bridgehead atoms. The molecule has 0 amide bonds. The number of nitrogen functional groups attached to an aromatic ring is 1. The van der Waals surface area contributed by atoms with E-state index < -0.39 is 54.1 Å². The Bertz CT molecular complexity index is 1490. The molecule has 18 nitrogen and oxygen atoms in total.